The number of aromatic nitrogens is 2. The number of aliphatic carboxylic acids is 2. The number of nitrogens with zero attached hydrogens (tertiary/aromatic N) is 1. The van der Waals surface area contributed by atoms with Gasteiger partial charge in [-0.2, -0.15) is 0 Å². The Morgan fingerprint density at radius 1 is 0.972 bits per heavy atom. The zero-order valence-corrected chi connectivity index (χ0v) is 20.5. The number of amides is 3. The Morgan fingerprint density at radius 2 is 1.64 bits per heavy atom. The molecule has 14 heteroatoms. The molecule has 1 rings (SSSR count). The van der Waals surface area contributed by atoms with E-state index in [1.807, 2.05) is 0 Å². The molecule has 10 N–H and O–H groups in total. The van der Waals surface area contributed by atoms with E-state index in [1.54, 1.807) is 13.8 Å². The number of carboxylic acids is 2. The summed E-state index contributed by atoms with van der Waals surface area (Å²) in [4.78, 5) is 67.7. The highest BCUT2D eigenvalue weighted by Crippen LogP contribution is 2.08. The van der Waals surface area contributed by atoms with E-state index in [4.69, 9.17) is 16.6 Å². The molecule has 0 bridgehead atoms. The minimum absolute atomic E-state index is 0.108. The lowest BCUT2D eigenvalue weighted by Gasteiger charge is -2.27. The number of hydrogen-bond acceptors (Lipinski definition) is 8. The lowest BCUT2D eigenvalue weighted by Crippen LogP contribution is -2.58. The molecule has 3 amide bonds. The fourth-order valence-electron chi connectivity index (χ4n) is 3.34. The largest absolute Gasteiger partial charge is 0.481 e. The summed E-state index contributed by atoms with van der Waals surface area (Å²) in [6, 6.07) is -4.61. The number of nitrogens with one attached hydrogen (secondary N) is 4. The third-order valence-electron chi connectivity index (χ3n) is 5.42. The summed E-state index contributed by atoms with van der Waals surface area (Å²) in [5, 5.41) is 25.9. The van der Waals surface area contributed by atoms with Gasteiger partial charge in [0.15, 0.2) is 0 Å². The van der Waals surface area contributed by atoms with Crippen LogP contribution in [0.5, 0.6) is 0 Å². The van der Waals surface area contributed by atoms with Crippen LogP contribution in [0.25, 0.3) is 0 Å². The predicted molar refractivity (Wildman–Crippen MR) is 128 cm³/mol. The van der Waals surface area contributed by atoms with Gasteiger partial charge in [0, 0.05) is 24.7 Å². The number of aromatic amines is 1. The van der Waals surface area contributed by atoms with Gasteiger partial charge in [-0.1, -0.05) is 13.8 Å². The zero-order valence-electron chi connectivity index (χ0n) is 20.5. The first-order valence-electron chi connectivity index (χ1n) is 11.7. The van der Waals surface area contributed by atoms with Crippen molar-refractivity contribution >= 4 is 29.7 Å². The summed E-state index contributed by atoms with van der Waals surface area (Å²) in [6.45, 7) is 3.69. The van der Waals surface area contributed by atoms with Crippen molar-refractivity contribution in [3.05, 3.63) is 18.2 Å². The molecule has 0 spiro atoms. The molecule has 0 saturated carbocycles. The van der Waals surface area contributed by atoms with E-state index in [-0.39, 0.29) is 19.3 Å². The molecule has 36 heavy (non-hydrogen) atoms. The molecule has 0 radical (unpaired) electrons. The summed E-state index contributed by atoms with van der Waals surface area (Å²) in [5.74, 6) is -5.02. The van der Waals surface area contributed by atoms with Crippen molar-refractivity contribution in [2.24, 2.45) is 17.4 Å². The van der Waals surface area contributed by atoms with Crippen molar-refractivity contribution in [2.75, 3.05) is 6.54 Å². The Morgan fingerprint density at radius 3 is 2.17 bits per heavy atom. The van der Waals surface area contributed by atoms with Crippen LogP contribution in [0.3, 0.4) is 0 Å². The van der Waals surface area contributed by atoms with Crippen LogP contribution in [0, 0.1) is 5.92 Å². The molecular formula is C22H37N7O7. The minimum Gasteiger partial charge on any atom is -0.481 e. The van der Waals surface area contributed by atoms with E-state index >= 15 is 0 Å². The van der Waals surface area contributed by atoms with Crippen molar-refractivity contribution in [1.82, 2.24) is 25.9 Å². The molecule has 0 aliphatic carbocycles. The summed E-state index contributed by atoms with van der Waals surface area (Å²) in [7, 11) is 0. The normalized spacial score (nSPS) is 14.4. The van der Waals surface area contributed by atoms with Crippen LogP contribution in [0.15, 0.2) is 12.5 Å². The van der Waals surface area contributed by atoms with Crippen LogP contribution in [-0.2, 0) is 30.4 Å². The Hall–Kier alpha value is -3.52. The van der Waals surface area contributed by atoms with Gasteiger partial charge in [-0.05, 0) is 38.1 Å². The van der Waals surface area contributed by atoms with Crippen molar-refractivity contribution in [1.29, 1.82) is 0 Å². The topological polar surface area (TPSA) is 243 Å². The molecular weight excluding hydrogens is 474 g/mol. The third kappa shape index (κ3) is 10.8. The van der Waals surface area contributed by atoms with Crippen LogP contribution in [0.1, 0.15) is 51.6 Å². The summed E-state index contributed by atoms with van der Waals surface area (Å²) >= 11 is 0. The van der Waals surface area contributed by atoms with Crippen molar-refractivity contribution in [3.8, 4) is 0 Å². The number of carbonyl (C=O) groups excluding carboxylic acids is 3. The van der Waals surface area contributed by atoms with Crippen LogP contribution < -0.4 is 27.4 Å². The van der Waals surface area contributed by atoms with E-state index in [0.29, 0.717) is 25.1 Å². The first-order valence-corrected chi connectivity index (χ1v) is 11.7. The number of carbonyl (C=O) groups is 5. The number of H-pyrrole nitrogens is 1. The summed E-state index contributed by atoms with van der Waals surface area (Å²) < 4.78 is 0. The van der Waals surface area contributed by atoms with E-state index in [0.717, 1.165) is 0 Å². The van der Waals surface area contributed by atoms with Gasteiger partial charge >= 0.3 is 11.9 Å². The Balaban J connectivity index is 2.91. The van der Waals surface area contributed by atoms with E-state index in [1.165, 1.54) is 12.5 Å². The van der Waals surface area contributed by atoms with Gasteiger partial charge in [0.25, 0.3) is 0 Å². The van der Waals surface area contributed by atoms with Gasteiger partial charge in [-0.25, -0.2) is 9.78 Å². The average molecular weight is 512 g/mol. The van der Waals surface area contributed by atoms with E-state index < -0.39 is 66.2 Å². The van der Waals surface area contributed by atoms with Crippen molar-refractivity contribution in [3.63, 3.8) is 0 Å². The molecule has 0 fully saturated rings. The highest BCUT2D eigenvalue weighted by Gasteiger charge is 2.32. The number of hydrogen-bond donors (Lipinski definition) is 8. The number of rotatable bonds is 17. The molecule has 1 heterocycles. The van der Waals surface area contributed by atoms with E-state index in [9.17, 15) is 29.1 Å². The number of nitrogens with two attached hydrogens (primary N) is 2. The lowest BCUT2D eigenvalue weighted by atomic mass is 10.0. The molecule has 0 aliphatic heterocycles. The van der Waals surface area contributed by atoms with Gasteiger partial charge < -0.3 is 42.6 Å². The van der Waals surface area contributed by atoms with Crippen molar-refractivity contribution < 1.29 is 34.2 Å². The second-order valence-corrected chi connectivity index (χ2v) is 8.80. The first kappa shape index (κ1) is 30.5. The van der Waals surface area contributed by atoms with Gasteiger partial charge in [0.05, 0.1) is 12.4 Å². The van der Waals surface area contributed by atoms with Gasteiger partial charge in [0.2, 0.25) is 17.7 Å². The van der Waals surface area contributed by atoms with Crippen LogP contribution in [0.2, 0.25) is 0 Å². The fourth-order valence-corrected chi connectivity index (χ4v) is 3.34. The monoisotopic (exact) mass is 511 g/mol. The quantitative estimate of drug-likeness (QED) is 0.112. The molecule has 4 unspecified atom stereocenters. The molecule has 202 valence electrons. The second-order valence-electron chi connectivity index (χ2n) is 8.80. The maximum atomic E-state index is 13.0. The SMILES string of the molecule is CC(C)C(NC(=O)C(CCC(=O)O)NC(=O)C(N)Cc1cnc[nH]1)C(=O)NC(CCCCN)C(=O)O. The molecule has 4 atom stereocenters. The molecule has 0 saturated heterocycles. The van der Waals surface area contributed by atoms with Gasteiger partial charge in [-0.3, -0.25) is 19.2 Å². The van der Waals surface area contributed by atoms with Crippen molar-refractivity contribution in [2.45, 2.75) is 76.5 Å². The smallest absolute Gasteiger partial charge is 0.326 e. The minimum atomic E-state index is -1.28. The van der Waals surface area contributed by atoms with E-state index in [2.05, 4.69) is 25.9 Å². The predicted octanol–water partition coefficient (Wildman–Crippen LogP) is -1.53. The zero-order chi connectivity index (χ0) is 27.3. The highest BCUT2D eigenvalue weighted by molar-refractivity contribution is 5.94. The molecule has 1 aromatic rings. The van der Waals surface area contributed by atoms with Gasteiger partial charge in [0.1, 0.15) is 18.1 Å². The maximum Gasteiger partial charge on any atom is 0.326 e. The summed E-state index contributed by atoms with van der Waals surface area (Å²) in [6.07, 6.45) is 3.62. The average Bonchev–Trinajstić information content (AvgIpc) is 3.31. The number of unbranched alkanes of at least 4 members (excludes halogenated alkanes) is 1. The molecule has 0 aliphatic rings. The lowest BCUT2D eigenvalue weighted by molar-refractivity contribution is -0.142. The third-order valence-corrected chi connectivity index (χ3v) is 5.42. The molecule has 14 nitrogen and oxygen atoms in total. The van der Waals surface area contributed by atoms with Crippen LogP contribution >= 0.6 is 0 Å². The number of carboxylic acid groups (broad SMARTS) is 2. The second kappa shape index (κ2) is 15.5. The van der Waals surface area contributed by atoms with Crippen LogP contribution in [-0.4, -0.2) is 80.6 Å². The highest BCUT2D eigenvalue weighted by atomic mass is 16.4. The molecule has 1 aromatic heterocycles. The van der Waals surface area contributed by atoms with Crippen LogP contribution in [0.4, 0.5) is 0 Å². The Bertz CT molecular complexity index is 876. The maximum absolute atomic E-state index is 13.0. The Kier molecular flexibility index (Phi) is 13.1. The first-order chi connectivity index (χ1) is 17.0. The summed E-state index contributed by atoms with van der Waals surface area (Å²) in [5.41, 5.74) is 11.9. The number of imidazole rings is 1. The Labute approximate surface area is 209 Å². The molecule has 0 aromatic carbocycles. The fraction of sp³-hybridized carbons (Fsp3) is 0.636. The van der Waals surface area contributed by atoms with Gasteiger partial charge in [-0.15, -0.1) is 0 Å². The standard InChI is InChI=1S/C22H37N7O7/c1-12(2)18(21(34)28-16(22(35)36)5-3-4-8-23)29-20(33)15(6-7-17(30)31)27-19(32)14(24)9-13-10-25-11-26-13/h10-12,14-16,18H,3-9,23-24H2,1-2H3,(H,25,26)(H,27,32)(H,28,34)(H,29,33)(H,30,31)(H,35,36).